The van der Waals surface area contributed by atoms with Crippen LogP contribution in [0.4, 0.5) is 0 Å². The van der Waals surface area contributed by atoms with Gasteiger partial charge in [0.15, 0.2) is 0 Å². The van der Waals surface area contributed by atoms with Gasteiger partial charge in [-0.2, -0.15) is 11.3 Å². The maximum absolute atomic E-state index is 12.5. The zero-order chi connectivity index (χ0) is 15.6. The monoisotopic (exact) mass is 355 g/mol. The lowest BCUT2D eigenvalue weighted by Gasteiger charge is -2.31. The van der Waals surface area contributed by atoms with Crippen LogP contribution in [0.2, 0.25) is 5.02 Å². The van der Waals surface area contributed by atoms with Crippen molar-refractivity contribution in [2.75, 3.05) is 13.1 Å². The van der Waals surface area contributed by atoms with Crippen LogP contribution in [-0.2, 0) is 15.8 Å². The number of benzene rings is 1. The molecule has 0 atom stereocenters. The summed E-state index contributed by atoms with van der Waals surface area (Å²) < 4.78 is 26.7. The van der Waals surface area contributed by atoms with Gasteiger partial charge in [-0.25, -0.2) is 12.7 Å². The molecule has 1 aliphatic heterocycles. The highest BCUT2D eigenvalue weighted by atomic mass is 35.5. The lowest BCUT2D eigenvalue weighted by atomic mass is 9.92. The summed E-state index contributed by atoms with van der Waals surface area (Å²) in [6.07, 6.45) is 1.80. The van der Waals surface area contributed by atoms with Crippen LogP contribution in [0.3, 0.4) is 0 Å². The number of nitrogens with zero attached hydrogens (tertiary/aromatic N) is 1. The molecular formula is C16H18ClNO2S2. The third kappa shape index (κ3) is 3.71. The minimum atomic E-state index is -3.25. The van der Waals surface area contributed by atoms with Crippen LogP contribution in [-0.4, -0.2) is 25.8 Å². The Kier molecular flexibility index (Phi) is 4.88. The zero-order valence-corrected chi connectivity index (χ0v) is 14.5. The van der Waals surface area contributed by atoms with E-state index in [9.17, 15) is 8.42 Å². The summed E-state index contributed by atoms with van der Waals surface area (Å²) in [5.74, 6) is 0.543. The maximum atomic E-state index is 12.5. The molecule has 1 aliphatic rings. The Balaban J connectivity index is 1.63. The van der Waals surface area contributed by atoms with Gasteiger partial charge in [0.2, 0.25) is 10.0 Å². The Hall–Kier alpha value is -0.880. The molecule has 0 spiro atoms. The van der Waals surface area contributed by atoms with Crippen LogP contribution in [0.25, 0.3) is 0 Å². The van der Waals surface area contributed by atoms with Gasteiger partial charge in [-0.3, -0.25) is 0 Å². The van der Waals surface area contributed by atoms with Crippen molar-refractivity contribution in [3.8, 4) is 0 Å². The number of rotatable bonds is 4. The largest absolute Gasteiger partial charge is 0.218 e. The van der Waals surface area contributed by atoms with Gasteiger partial charge < -0.3 is 0 Å². The molecule has 2 heterocycles. The van der Waals surface area contributed by atoms with Crippen LogP contribution in [0.15, 0.2) is 41.1 Å². The summed E-state index contributed by atoms with van der Waals surface area (Å²) in [7, 11) is -3.25. The Labute approximate surface area is 140 Å². The average Bonchev–Trinajstić information content (AvgIpc) is 3.04. The highest BCUT2D eigenvalue weighted by Crippen LogP contribution is 2.31. The van der Waals surface area contributed by atoms with Crippen molar-refractivity contribution in [3.05, 3.63) is 57.2 Å². The lowest BCUT2D eigenvalue weighted by Crippen LogP contribution is -2.38. The molecule has 0 unspecified atom stereocenters. The van der Waals surface area contributed by atoms with Crippen molar-refractivity contribution >= 4 is 33.0 Å². The molecule has 1 aromatic heterocycles. The van der Waals surface area contributed by atoms with Crippen LogP contribution >= 0.6 is 22.9 Å². The molecule has 1 saturated heterocycles. The second kappa shape index (κ2) is 6.71. The number of sulfonamides is 1. The molecular weight excluding hydrogens is 338 g/mol. The van der Waals surface area contributed by atoms with Gasteiger partial charge in [0.1, 0.15) is 0 Å². The van der Waals surface area contributed by atoms with Crippen molar-refractivity contribution in [2.45, 2.75) is 24.5 Å². The predicted octanol–water partition coefficient (Wildman–Crippen LogP) is 4.11. The first-order chi connectivity index (χ1) is 10.5. The molecule has 3 rings (SSSR count). The van der Waals surface area contributed by atoms with Crippen molar-refractivity contribution in [2.24, 2.45) is 0 Å². The molecule has 0 N–H and O–H groups in total. The van der Waals surface area contributed by atoms with E-state index in [0.29, 0.717) is 24.0 Å². The summed E-state index contributed by atoms with van der Waals surface area (Å²) in [6.45, 7) is 1.22. The molecule has 1 fully saturated rings. The fourth-order valence-electron chi connectivity index (χ4n) is 2.86. The van der Waals surface area contributed by atoms with Crippen molar-refractivity contribution in [3.63, 3.8) is 0 Å². The van der Waals surface area contributed by atoms with Crippen LogP contribution < -0.4 is 0 Å². The summed E-state index contributed by atoms with van der Waals surface area (Å²) >= 11 is 7.54. The Bertz CT molecular complexity index is 703. The highest BCUT2D eigenvalue weighted by molar-refractivity contribution is 7.88. The van der Waals surface area contributed by atoms with E-state index < -0.39 is 10.0 Å². The highest BCUT2D eigenvalue weighted by Gasteiger charge is 2.28. The Morgan fingerprint density at radius 3 is 2.41 bits per heavy atom. The topological polar surface area (TPSA) is 37.4 Å². The van der Waals surface area contributed by atoms with Gasteiger partial charge in [0.05, 0.1) is 5.75 Å². The number of hydrogen-bond acceptors (Lipinski definition) is 3. The van der Waals surface area contributed by atoms with E-state index in [1.165, 1.54) is 5.56 Å². The van der Waals surface area contributed by atoms with Gasteiger partial charge >= 0.3 is 0 Å². The quantitative estimate of drug-likeness (QED) is 0.827. The molecule has 2 aromatic rings. The van der Waals surface area contributed by atoms with Crippen molar-refractivity contribution in [1.82, 2.24) is 4.31 Å². The minimum Gasteiger partial charge on any atom is -0.212 e. The Morgan fingerprint density at radius 1 is 1.14 bits per heavy atom. The number of hydrogen-bond donors (Lipinski definition) is 0. The summed E-state index contributed by atoms with van der Waals surface area (Å²) in [4.78, 5) is 0. The summed E-state index contributed by atoms with van der Waals surface area (Å²) in [6, 6.07) is 9.16. The second-order valence-corrected chi connectivity index (χ2v) is 8.80. The van der Waals surface area contributed by atoms with E-state index in [1.54, 1.807) is 39.9 Å². The standard InChI is InChI=1S/C16H18ClNO2S2/c17-16-3-1-13(2-4-16)12-22(19,20)18-8-5-14(6-9-18)15-7-10-21-11-15/h1-4,7,10-11,14H,5-6,8-9,12H2. The third-order valence-corrected chi connectivity index (χ3v) is 6.93. The molecule has 6 heteroatoms. The van der Waals surface area contributed by atoms with E-state index in [-0.39, 0.29) is 5.75 Å². The smallest absolute Gasteiger partial charge is 0.212 e. The third-order valence-electron chi connectivity index (χ3n) is 4.12. The van der Waals surface area contributed by atoms with E-state index >= 15 is 0 Å². The molecule has 0 radical (unpaired) electrons. The normalized spacial score (nSPS) is 17.7. The maximum Gasteiger partial charge on any atom is 0.218 e. The average molecular weight is 356 g/mol. The van der Waals surface area contributed by atoms with Crippen LogP contribution in [0.5, 0.6) is 0 Å². The van der Waals surface area contributed by atoms with E-state index in [0.717, 1.165) is 18.4 Å². The lowest BCUT2D eigenvalue weighted by molar-refractivity contribution is 0.319. The molecule has 0 bridgehead atoms. The van der Waals surface area contributed by atoms with Gasteiger partial charge in [0.25, 0.3) is 0 Å². The predicted molar refractivity (Wildman–Crippen MR) is 91.9 cm³/mol. The fraction of sp³-hybridized carbons (Fsp3) is 0.375. The first kappa shape index (κ1) is 16.0. The molecule has 118 valence electrons. The van der Waals surface area contributed by atoms with E-state index in [1.807, 2.05) is 0 Å². The van der Waals surface area contributed by atoms with Gasteiger partial charge in [-0.15, -0.1) is 0 Å². The van der Waals surface area contributed by atoms with E-state index in [2.05, 4.69) is 16.8 Å². The molecule has 0 amide bonds. The number of halogens is 1. The first-order valence-electron chi connectivity index (χ1n) is 7.29. The van der Waals surface area contributed by atoms with Crippen molar-refractivity contribution in [1.29, 1.82) is 0 Å². The summed E-state index contributed by atoms with van der Waals surface area (Å²) in [5.41, 5.74) is 2.13. The molecule has 0 aliphatic carbocycles. The first-order valence-corrected chi connectivity index (χ1v) is 10.2. The van der Waals surface area contributed by atoms with Crippen molar-refractivity contribution < 1.29 is 8.42 Å². The number of thiophene rings is 1. The summed E-state index contributed by atoms with van der Waals surface area (Å²) in [5, 5.41) is 4.87. The molecule has 0 saturated carbocycles. The molecule has 22 heavy (non-hydrogen) atoms. The zero-order valence-electron chi connectivity index (χ0n) is 12.1. The van der Waals surface area contributed by atoms with Gasteiger partial charge in [-0.05, 0) is 58.8 Å². The second-order valence-electron chi connectivity index (χ2n) is 5.61. The SMILES string of the molecule is O=S(=O)(Cc1ccc(Cl)cc1)N1CCC(c2ccsc2)CC1. The van der Waals surface area contributed by atoms with Crippen LogP contribution in [0, 0.1) is 0 Å². The number of piperidine rings is 1. The van der Waals surface area contributed by atoms with Crippen LogP contribution in [0.1, 0.15) is 29.9 Å². The Morgan fingerprint density at radius 2 is 1.82 bits per heavy atom. The minimum absolute atomic E-state index is 0.0489. The fourth-order valence-corrected chi connectivity index (χ4v) is 5.29. The molecule has 3 nitrogen and oxygen atoms in total. The van der Waals surface area contributed by atoms with Gasteiger partial charge in [-0.1, -0.05) is 23.7 Å². The van der Waals surface area contributed by atoms with Gasteiger partial charge in [0, 0.05) is 18.1 Å². The molecule has 1 aromatic carbocycles. The van der Waals surface area contributed by atoms with E-state index in [4.69, 9.17) is 11.6 Å².